The lowest BCUT2D eigenvalue weighted by Gasteiger charge is -2.09. The Hall–Kier alpha value is -1.45. The van der Waals surface area contributed by atoms with Crippen LogP contribution < -0.4 is 0 Å². The molecule has 0 bridgehead atoms. The van der Waals surface area contributed by atoms with Gasteiger partial charge in [0.1, 0.15) is 5.56 Å². The summed E-state index contributed by atoms with van der Waals surface area (Å²) in [7, 11) is 0. The molecule has 0 aliphatic carbocycles. The Morgan fingerprint density at radius 3 is 2.92 bits per heavy atom. The number of carbonyl (C=O) groups is 1. The monoisotopic (exact) mass is 183 g/mol. The number of rotatable bonds is 3. The third-order valence-corrected chi connectivity index (χ3v) is 1.83. The molecule has 1 aromatic heterocycles. The number of aromatic hydroxyl groups is 1. The largest absolute Gasteiger partial charge is 0.494 e. The van der Waals surface area contributed by atoms with Crippen molar-refractivity contribution in [2.45, 2.75) is 26.4 Å². The first-order chi connectivity index (χ1) is 6.15. The van der Waals surface area contributed by atoms with E-state index < -0.39 is 5.97 Å². The molecule has 1 heterocycles. The molecule has 4 heteroatoms. The fourth-order valence-corrected chi connectivity index (χ4v) is 0.855. The molecular weight excluding hydrogens is 170 g/mol. The van der Waals surface area contributed by atoms with Gasteiger partial charge in [0.25, 0.3) is 0 Å². The molecule has 1 aromatic rings. The van der Waals surface area contributed by atoms with Crippen molar-refractivity contribution in [1.29, 1.82) is 0 Å². The van der Waals surface area contributed by atoms with Gasteiger partial charge in [-0.25, -0.2) is 4.79 Å². The van der Waals surface area contributed by atoms with E-state index in [1.54, 1.807) is 0 Å². The summed E-state index contributed by atoms with van der Waals surface area (Å²) in [6.07, 6.45) is 2.13. The predicted molar refractivity (Wildman–Crippen MR) is 47.6 cm³/mol. The maximum Gasteiger partial charge on any atom is 0.343 e. The molecule has 2 N–H and O–H groups in total. The first-order valence-corrected chi connectivity index (χ1v) is 4.22. The van der Waals surface area contributed by atoms with Crippen molar-refractivity contribution in [1.82, 2.24) is 4.98 Å². The average molecular weight is 183 g/mol. The first kappa shape index (κ1) is 9.64. The quantitative estimate of drug-likeness (QED) is 0.701. The Morgan fingerprint density at radius 2 is 2.46 bits per heavy atom. The number of ether oxygens (including phenoxy) is 1. The summed E-state index contributed by atoms with van der Waals surface area (Å²) in [6, 6.07) is 1.49. The molecule has 0 radical (unpaired) electrons. The smallest absolute Gasteiger partial charge is 0.343 e. The maximum atomic E-state index is 11.3. The van der Waals surface area contributed by atoms with Crippen LogP contribution in [-0.4, -0.2) is 22.2 Å². The van der Waals surface area contributed by atoms with Crippen molar-refractivity contribution < 1.29 is 14.6 Å². The third-order valence-electron chi connectivity index (χ3n) is 1.83. The van der Waals surface area contributed by atoms with Crippen LogP contribution in [0, 0.1) is 0 Å². The summed E-state index contributed by atoms with van der Waals surface area (Å²) in [6.45, 7) is 3.73. The van der Waals surface area contributed by atoms with Crippen LogP contribution in [0.3, 0.4) is 0 Å². The second-order valence-corrected chi connectivity index (χ2v) is 2.86. The molecule has 1 unspecified atom stereocenters. The molecule has 0 aliphatic rings. The van der Waals surface area contributed by atoms with Crippen LogP contribution in [-0.2, 0) is 4.74 Å². The average Bonchev–Trinajstić information content (AvgIpc) is 2.51. The lowest BCUT2D eigenvalue weighted by atomic mass is 10.3. The van der Waals surface area contributed by atoms with E-state index in [-0.39, 0.29) is 17.5 Å². The summed E-state index contributed by atoms with van der Waals surface area (Å²) in [5, 5.41) is 9.15. The van der Waals surface area contributed by atoms with Crippen LogP contribution in [0.4, 0.5) is 0 Å². The standard InChI is InChI=1S/C9H13NO3/c1-3-6(2)13-9(12)7-4-5-10-8(7)11/h4-6,10-11H,3H2,1-2H3. The zero-order chi connectivity index (χ0) is 9.84. The highest BCUT2D eigenvalue weighted by Gasteiger charge is 2.15. The van der Waals surface area contributed by atoms with Crippen LogP contribution in [0.2, 0.25) is 0 Å². The molecule has 13 heavy (non-hydrogen) atoms. The van der Waals surface area contributed by atoms with E-state index in [4.69, 9.17) is 9.84 Å². The van der Waals surface area contributed by atoms with Gasteiger partial charge in [-0.05, 0) is 19.4 Å². The highest BCUT2D eigenvalue weighted by Crippen LogP contribution is 2.15. The summed E-state index contributed by atoms with van der Waals surface area (Å²) in [4.78, 5) is 13.8. The number of nitrogens with one attached hydrogen (secondary N) is 1. The third kappa shape index (κ3) is 2.24. The minimum Gasteiger partial charge on any atom is -0.494 e. The predicted octanol–water partition coefficient (Wildman–Crippen LogP) is 1.68. The van der Waals surface area contributed by atoms with Crippen molar-refractivity contribution in [3.63, 3.8) is 0 Å². The fourth-order valence-electron chi connectivity index (χ4n) is 0.855. The summed E-state index contributed by atoms with van der Waals surface area (Å²) in [5.41, 5.74) is 0.181. The summed E-state index contributed by atoms with van der Waals surface area (Å²) < 4.78 is 5.01. The highest BCUT2D eigenvalue weighted by molar-refractivity contribution is 5.91. The maximum absolute atomic E-state index is 11.3. The summed E-state index contributed by atoms with van der Waals surface area (Å²) >= 11 is 0. The molecule has 0 fully saturated rings. The molecule has 0 aromatic carbocycles. The van der Waals surface area contributed by atoms with E-state index in [2.05, 4.69) is 4.98 Å². The zero-order valence-corrected chi connectivity index (χ0v) is 7.70. The van der Waals surface area contributed by atoms with Gasteiger partial charge >= 0.3 is 5.97 Å². The SMILES string of the molecule is CCC(C)OC(=O)c1cc[nH]c1O. The van der Waals surface area contributed by atoms with E-state index in [9.17, 15) is 4.79 Å². The van der Waals surface area contributed by atoms with Gasteiger partial charge in [0.15, 0.2) is 0 Å². The molecule has 4 nitrogen and oxygen atoms in total. The van der Waals surface area contributed by atoms with Crippen LogP contribution in [0.25, 0.3) is 0 Å². The van der Waals surface area contributed by atoms with E-state index in [0.717, 1.165) is 6.42 Å². The second kappa shape index (κ2) is 3.98. The van der Waals surface area contributed by atoms with Crippen molar-refractivity contribution >= 4 is 5.97 Å². The number of hydrogen-bond acceptors (Lipinski definition) is 3. The van der Waals surface area contributed by atoms with E-state index in [1.807, 2.05) is 13.8 Å². The highest BCUT2D eigenvalue weighted by atomic mass is 16.5. The van der Waals surface area contributed by atoms with Crippen molar-refractivity contribution in [3.8, 4) is 5.88 Å². The number of aromatic nitrogens is 1. The molecule has 0 saturated carbocycles. The molecule has 1 rings (SSSR count). The Morgan fingerprint density at radius 1 is 1.77 bits per heavy atom. The van der Waals surface area contributed by atoms with Gasteiger partial charge in [-0.15, -0.1) is 0 Å². The lowest BCUT2D eigenvalue weighted by Crippen LogP contribution is -2.13. The normalized spacial score (nSPS) is 12.5. The fraction of sp³-hybridized carbons (Fsp3) is 0.444. The lowest BCUT2D eigenvalue weighted by molar-refractivity contribution is 0.0331. The molecule has 0 amide bonds. The zero-order valence-electron chi connectivity index (χ0n) is 7.70. The number of carbonyl (C=O) groups excluding carboxylic acids is 1. The number of aromatic amines is 1. The Labute approximate surface area is 76.5 Å². The van der Waals surface area contributed by atoms with E-state index in [0.29, 0.717) is 0 Å². The Kier molecular flexibility index (Phi) is 2.95. The van der Waals surface area contributed by atoms with Crippen molar-refractivity contribution in [2.75, 3.05) is 0 Å². The number of H-pyrrole nitrogens is 1. The summed E-state index contributed by atoms with van der Waals surface area (Å²) in [5.74, 6) is -0.638. The molecule has 1 atom stereocenters. The molecular formula is C9H13NO3. The second-order valence-electron chi connectivity index (χ2n) is 2.86. The van der Waals surface area contributed by atoms with Crippen LogP contribution in [0.5, 0.6) is 5.88 Å². The van der Waals surface area contributed by atoms with Gasteiger partial charge in [0, 0.05) is 6.20 Å². The Bertz CT molecular complexity index is 293. The van der Waals surface area contributed by atoms with Crippen LogP contribution >= 0.6 is 0 Å². The van der Waals surface area contributed by atoms with Gasteiger partial charge in [0.05, 0.1) is 6.10 Å². The number of hydrogen-bond donors (Lipinski definition) is 2. The topological polar surface area (TPSA) is 62.3 Å². The van der Waals surface area contributed by atoms with Gasteiger partial charge < -0.3 is 14.8 Å². The minimum atomic E-state index is -0.492. The van der Waals surface area contributed by atoms with E-state index >= 15 is 0 Å². The van der Waals surface area contributed by atoms with Gasteiger partial charge in [-0.1, -0.05) is 6.92 Å². The first-order valence-electron chi connectivity index (χ1n) is 4.22. The Balaban J connectivity index is 2.64. The number of esters is 1. The van der Waals surface area contributed by atoms with Crippen molar-refractivity contribution in [3.05, 3.63) is 17.8 Å². The van der Waals surface area contributed by atoms with Crippen LogP contribution in [0.1, 0.15) is 30.6 Å². The van der Waals surface area contributed by atoms with Gasteiger partial charge in [0.2, 0.25) is 5.88 Å². The molecule has 0 aliphatic heterocycles. The molecule has 0 spiro atoms. The van der Waals surface area contributed by atoms with Gasteiger partial charge in [-0.2, -0.15) is 0 Å². The van der Waals surface area contributed by atoms with Gasteiger partial charge in [-0.3, -0.25) is 0 Å². The van der Waals surface area contributed by atoms with Crippen molar-refractivity contribution in [2.24, 2.45) is 0 Å². The van der Waals surface area contributed by atoms with Crippen LogP contribution in [0.15, 0.2) is 12.3 Å². The molecule has 0 saturated heterocycles. The molecule has 72 valence electrons. The van der Waals surface area contributed by atoms with E-state index in [1.165, 1.54) is 12.3 Å². The minimum absolute atomic E-state index is 0.123.